The summed E-state index contributed by atoms with van der Waals surface area (Å²) in [5.74, 6) is -1.55. The summed E-state index contributed by atoms with van der Waals surface area (Å²) in [5.41, 5.74) is 1.20. The number of aromatic nitrogens is 1. The standard InChI is InChI=1S/C28H35F3N4O2/c1-27(2,3)37-26(36)35-11-5-6-18(17-35)16-34-22-13-20(12-21(14-22)28(29,30)31)23-9-8-19(15-32)25-24(23)7-4-10-33-25/h4,7-10,18,20-22,34H,5-6,11-14,16-17H2,1-3H3/t18?,20?,21-,22+/m1/s1. The Morgan fingerprint density at radius 2 is 2.00 bits per heavy atom. The van der Waals surface area contributed by atoms with Crippen LogP contribution >= 0.6 is 0 Å². The van der Waals surface area contributed by atoms with Gasteiger partial charge in [-0.15, -0.1) is 0 Å². The summed E-state index contributed by atoms with van der Waals surface area (Å²) in [6.07, 6.45) is -0.633. The number of pyridine rings is 1. The molecule has 1 N–H and O–H groups in total. The summed E-state index contributed by atoms with van der Waals surface area (Å²) in [6.45, 7) is 7.21. The van der Waals surface area contributed by atoms with Crippen LogP contribution in [0.3, 0.4) is 0 Å². The number of hydrogen-bond donors (Lipinski definition) is 1. The SMILES string of the molecule is CC(C)(C)OC(=O)N1CCCC(CN[C@H]2CC(c3ccc(C#N)c4ncccc34)C[C@@H](C(F)(F)F)C2)C1. The van der Waals surface area contributed by atoms with Gasteiger partial charge in [-0.3, -0.25) is 4.98 Å². The molecule has 2 heterocycles. The number of carbonyl (C=O) groups excluding carboxylic acids is 1. The summed E-state index contributed by atoms with van der Waals surface area (Å²) in [4.78, 5) is 18.5. The number of amides is 1. The molecule has 2 aromatic rings. The van der Waals surface area contributed by atoms with Crippen molar-refractivity contribution >= 4 is 17.0 Å². The van der Waals surface area contributed by atoms with Crippen LogP contribution in [0.15, 0.2) is 30.5 Å². The number of fused-ring (bicyclic) bond motifs is 1. The van der Waals surface area contributed by atoms with Crippen LogP contribution < -0.4 is 5.32 Å². The van der Waals surface area contributed by atoms with Crippen molar-refractivity contribution in [1.29, 1.82) is 5.26 Å². The maximum Gasteiger partial charge on any atom is 0.410 e. The van der Waals surface area contributed by atoms with E-state index in [9.17, 15) is 23.2 Å². The van der Waals surface area contributed by atoms with Crippen molar-refractivity contribution < 1.29 is 22.7 Å². The van der Waals surface area contributed by atoms with E-state index >= 15 is 0 Å². The average molecular weight is 517 g/mol. The van der Waals surface area contributed by atoms with Gasteiger partial charge in [-0.05, 0) is 89.0 Å². The van der Waals surface area contributed by atoms with Crippen molar-refractivity contribution in [2.45, 2.75) is 76.6 Å². The fraction of sp³-hybridized carbons (Fsp3) is 0.607. The molecule has 0 spiro atoms. The summed E-state index contributed by atoms with van der Waals surface area (Å²) < 4.78 is 47.4. The molecule has 1 saturated carbocycles. The number of benzene rings is 1. The number of likely N-dealkylation sites (tertiary alicyclic amines) is 1. The quantitative estimate of drug-likeness (QED) is 0.527. The first kappa shape index (κ1) is 27.2. The number of nitriles is 1. The van der Waals surface area contributed by atoms with E-state index in [4.69, 9.17) is 4.74 Å². The Morgan fingerprint density at radius 1 is 1.22 bits per heavy atom. The van der Waals surface area contributed by atoms with Crippen LogP contribution in [-0.4, -0.2) is 53.4 Å². The minimum atomic E-state index is -4.28. The highest BCUT2D eigenvalue weighted by Gasteiger charge is 2.45. The number of piperidine rings is 1. The van der Waals surface area contributed by atoms with E-state index in [-0.39, 0.29) is 36.8 Å². The number of nitrogens with zero attached hydrogens (tertiary/aromatic N) is 3. The smallest absolute Gasteiger partial charge is 0.410 e. The largest absolute Gasteiger partial charge is 0.444 e. The molecule has 4 rings (SSSR count). The molecule has 0 bridgehead atoms. The maximum atomic E-state index is 14.0. The van der Waals surface area contributed by atoms with Gasteiger partial charge in [0.15, 0.2) is 0 Å². The zero-order chi connectivity index (χ0) is 26.8. The average Bonchev–Trinajstić information content (AvgIpc) is 2.85. The summed E-state index contributed by atoms with van der Waals surface area (Å²) in [6, 6.07) is 8.88. The van der Waals surface area contributed by atoms with Crippen LogP contribution in [0.5, 0.6) is 0 Å². The minimum absolute atomic E-state index is 0.0213. The molecule has 1 aromatic heterocycles. The molecule has 0 radical (unpaired) electrons. The fourth-order valence-corrected chi connectivity index (χ4v) is 5.71. The lowest BCUT2D eigenvalue weighted by Crippen LogP contribution is -2.47. The highest BCUT2D eigenvalue weighted by molar-refractivity contribution is 5.87. The topological polar surface area (TPSA) is 78.2 Å². The summed E-state index contributed by atoms with van der Waals surface area (Å²) >= 11 is 0. The Balaban J connectivity index is 1.48. The fourth-order valence-electron chi connectivity index (χ4n) is 5.71. The second kappa shape index (κ2) is 10.9. The molecule has 2 unspecified atom stereocenters. The summed E-state index contributed by atoms with van der Waals surface area (Å²) in [5, 5.41) is 13.6. The maximum absolute atomic E-state index is 14.0. The second-order valence-electron chi connectivity index (χ2n) is 11.4. The lowest BCUT2D eigenvalue weighted by atomic mass is 9.74. The van der Waals surface area contributed by atoms with Crippen LogP contribution in [-0.2, 0) is 4.74 Å². The lowest BCUT2D eigenvalue weighted by molar-refractivity contribution is -0.185. The zero-order valence-corrected chi connectivity index (χ0v) is 21.6. The number of halogens is 3. The zero-order valence-electron chi connectivity index (χ0n) is 21.6. The highest BCUT2D eigenvalue weighted by atomic mass is 19.4. The molecule has 1 saturated heterocycles. The van der Waals surface area contributed by atoms with Crippen LogP contribution in [0.1, 0.15) is 69.9 Å². The van der Waals surface area contributed by atoms with Gasteiger partial charge in [0.1, 0.15) is 11.7 Å². The van der Waals surface area contributed by atoms with Crippen molar-refractivity contribution in [1.82, 2.24) is 15.2 Å². The molecular formula is C28H35F3N4O2. The molecular weight excluding hydrogens is 481 g/mol. The first-order valence-electron chi connectivity index (χ1n) is 13.0. The summed E-state index contributed by atoms with van der Waals surface area (Å²) in [7, 11) is 0. The number of hydrogen-bond acceptors (Lipinski definition) is 5. The molecule has 200 valence electrons. The third-order valence-electron chi connectivity index (χ3n) is 7.40. The van der Waals surface area contributed by atoms with Crippen molar-refractivity contribution in [2.24, 2.45) is 11.8 Å². The van der Waals surface area contributed by atoms with E-state index in [1.165, 1.54) is 0 Å². The van der Waals surface area contributed by atoms with Crippen LogP contribution in [0.25, 0.3) is 10.9 Å². The van der Waals surface area contributed by atoms with Gasteiger partial charge >= 0.3 is 12.3 Å². The van der Waals surface area contributed by atoms with Crippen molar-refractivity contribution in [3.8, 4) is 6.07 Å². The molecule has 1 aromatic carbocycles. The van der Waals surface area contributed by atoms with E-state index in [1.54, 1.807) is 29.3 Å². The van der Waals surface area contributed by atoms with Crippen LogP contribution in [0.4, 0.5) is 18.0 Å². The first-order chi connectivity index (χ1) is 17.4. The molecule has 4 atom stereocenters. The second-order valence-corrected chi connectivity index (χ2v) is 11.4. The van der Waals surface area contributed by atoms with Crippen LogP contribution in [0, 0.1) is 23.2 Å². The number of rotatable bonds is 4. The molecule has 1 aliphatic heterocycles. The Bertz CT molecular complexity index is 1150. The predicted molar refractivity (Wildman–Crippen MR) is 135 cm³/mol. The monoisotopic (exact) mass is 516 g/mol. The Hall–Kier alpha value is -2.86. The Kier molecular flexibility index (Phi) is 7.98. The van der Waals surface area contributed by atoms with Gasteiger partial charge in [-0.1, -0.05) is 12.1 Å². The third-order valence-corrected chi connectivity index (χ3v) is 7.40. The minimum Gasteiger partial charge on any atom is -0.444 e. The van der Waals surface area contributed by atoms with Crippen LogP contribution in [0.2, 0.25) is 0 Å². The molecule has 2 aliphatic rings. The van der Waals surface area contributed by atoms with E-state index in [0.717, 1.165) is 23.8 Å². The number of nitrogens with one attached hydrogen (secondary N) is 1. The van der Waals surface area contributed by atoms with Gasteiger partial charge in [0, 0.05) is 30.7 Å². The third kappa shape index (κ3) is 6.72. The molecule has 6 nitrogen and oxygen atoms in total. The molecule has 37 heavy (non-hydrogen) atoms. The molecule has 2 fully saturated rings. The van der Waals surface area contributed by atoms with Crippen molar-refractivity contribution in [3.63, 3.8) is 0 Å². The first-order valence-corrected chi connectivity index (χ1v) is 13.0. The molecule has 1 aliphatic carbocycles. The van der Waals surface area contributed by atoms with E-state index in [2.05, 4.69) is 16.4 Å². The van der Waals surface area contributed by atoms with E-state index in [1.807, 2.05) is 26.8 Å². The van der Waals surface area contributed by atoms with E-state index in [0.29, 0.717) is 37.1 Å². The van der Waals surface area contributed by atoms with Crippen molar-refractivity contribution in [3.05, 3.63) is 41.6 Å². The molecule has 9 heteroatoms. The number of ether oxygens (including phenoxy) is 1. The molecule has 1 amide bonds. The Morgan fingerprint density at radius 3 is 2.70 bits per heavy atom. The van der Waals surface area contributed by atoms with Gasteiger partial charge in [0.2, 0.25) is 0 Å². The van der Waals surface area contributed by atoms with Gasteiger partial charge in [-0.2, -0.15) is 18.4 Å². The van der Waals surface area contributed by atoms with Gasteiger partial charge < -0.3 is 15.0 Å². The van der Waals surface area contributed by atoms with Gasteiger partial charge in [-0.25, -0.2) is 4.79 Å². The predicted octanol–water partition coefficient (Wildman–Crippen LogP) is 6.16. The van der Waals surface area contributed by atoms with Crippen molar-refractivity contribution in [2.75, 3.05) is 19.6 Å². The Labute approximate surface area is 216 Å². The van der Waals surface area contributed by atoms with E-state index < -0.39 is 17.7 Å². The lowest BCUT2D eigenvalue weighted by Gasteiger charge is -2.39. The highest BCUT2D eigenvalue weighted by Crippen LogP contribution is 2.45. The van der Waals surface area contributed by atoms with Gasteiger partial charge in [0.05, 0.1) is 17.0 Å². The van der Waals surface area contributed by atoms with Gasteiger partial charge in [0.25, 0.3) is 0 Å². The number of carbonyl (C=O) groups is 1. The number of alkyl halides is 3. The normalized spacial score (nSPS) is 25.1.